The first kappa shape index (κ1) is 15.0. The van der Waals surface area contributed by atoms with E-state index in [1.165, 1.54) is 12.5 Å². The molecule has 1 heterocycles. The van der Waals surface area contributed by atoms with E-state index in [-0.39, 0.29) is 6.42 Å². The Morgan fingerprint density at radius 1 is 1.47 bits per heavy atom. The predicted molar refractivity (Wildman–Crippen MR) is 69.8 cm³/mol. The van der Waals surface area contributed by atoms with E-state index in [2.05, 4.69) is 27.5 Å². The molecule has 0 spiro atoms. The van der Waals surface area contributed by atoms with E-state index in [0.29, 0.717) is 12.2 Å². The fraction of sp³-hybridized carbons (Fsp3) is 0.583. The molecular formula is C12H20N4O3. The van der Waals surface area contributed by atoms with Gasteiger partial charge in [0.1, 0.15) is 6.04 Å². The van der Waals surface area contributed by atoms with E-state index in [1.807, 2.05) is 0 Å². The number of urea groups is 1. The number of carbonyl (C=O) groups is 2. The fourth-order valence-corrected chi connectivity index (χ4v) is 1.60. The monoisotopic (exact) mass is 268 g/mol. The Morgan fingerprint density at radius 3 is 2.84 bits per heavy atom. The van der Waals surface area contributed by atoms with Crippen LogP contribution in [0.3, 0.4) is 0 Å². The van der Waals surface area contributed by atoms with E-state index >= 15 is 0 Å². The summed E-state index contributed by atoms with van der Waals surface area (Å²) in [4.78, 5) is 29.2. The summed E-state index contributed by atoms with van der Waals surface area (Å²) >= 11 is 0. The van der Waals surface area contributed by atoms with Crippen LogP contribution in [0.15, 0.2) is 12.5 Å². The van der Waals surface area contributed by atoms with E-state index in [4.69, 9.17) is 5.11 Å². The highest BCUT2D eigenvalue weighted by Gasteiger charge is 2.20. The minimum absolute atomic E-state index is 0.178. The van der Waals surface area contributed by atoms with Crippen molar-refractivity contribution in [2.45, 2.75) is 38.6 Å². The summed E-state index contributed by atoms with van der Waals surface area (Å²) in [5.74, 6) is -1.07. The minimum Gasteiger partial charge on any atom is -0.480 e. The van der Waals surface area contributed by atoms with Gasteiger partial charge in [0.15, 0.2) is 0 Å². The minimum atomic E-state index is -1.07. The maximum atomic E-state index is 11.5. The van der Waals surface area contributed by atoms with Crippen LogP contribution in [0.4, 0.5) is 4.79 Å². The first-order valence-corrected chi connectivity index (χ1v) is 6.38. The second kappa shape index (κ2) is 8.12. The van der Waals surface area contributed by atoms with Crippen molar-refractivity contribution < 1.29 is 14.7 Å². The van der Waals surface area contributed by atoms with Crippen molar-refractivity contribution in [1.82, 2.24) is 20.6 Å². The van der Waals surface area contributed by atoms with Crippen LogP contribution in [-0.4, -0.2) is 39.7 Å². The molecular weight excluding hydrogens is 248 g/mol. The Hall–Kier alpha value is -2.05. The van der Waals surface area contributed by atoms with Gasteiger partial charge in [0.05, 0.1) is 6.33 Å². The van der Waals surface area contributed by atoms with Gasteiger partial charge in [-0.1, -0.05) is 19.8 Å². The zero-order chi connectivity index (χ0) is 14.1. The van der Waals surface area contributed by atoms with Crippen LogP contribution < -0.4 is 10.6 Å². The van der Waals surface area contributed by atoms with Crippen LogP contribution in [-0.2, 0) is 11.2 Å². The molecule has 106 valence electrons. The lowest BCUT2D eigenvalue weighted by Gasteiger charge is -2.14. The molecule has 0 aromatic carbocycles. The molecule has 0 aliphatic rings. The van der Waals surface area contributed by atoms with Crippen LogP contribution in [0.2, 0.25) is 0 Å². The van der Waals surface area contributed by atoms with Gasteiger partial charge in [-0.15, -0.1) is 0 Å². The number of aromatic amines is 1. The number of aromatic nitrogens is 2. The molecule has 1 aromatic heterocycles. The lowest BCUT2D eigenvalue weighted by molar-refractivity contribution is -0.139. The molecule has 0 radical (unpaired) electrons. The average molecular weight is 268 g/mol. The third kappa shape index (κ3) is 5.89. The van der Waals surface area contributed by atoms with Crippen molar-refractivity contribution in [2.24, 2.45) is 0 Å². The Morgan fingerprint density at radius 2 is 2.26 bits per heavy atom. The summed E-state index contributed by atoms with van der Waals surface area (Å²) in [5, 5.41) is 14.1. The number of hydrogen-bond acceptors (Lipinski definition) is 3. The van der Waals surface area contributed by atoms with Crippen molar-refractivity contribution in [3.8, 4) is 0 Å². The molecule has 7 nitrogen and oxygen atoms in total. The van der Waals surface area contributed by atoms with E-state index in [1.54, 1.807) is 0 Å². The summed E-state index contributed by atoms with van der Waals surface area (Å²) in [6.45, 7) is 2.63. The molecule has 1 unspecified atom stereocenters. The van der Waals surface area contributed by atoms with Gasteiger partial charge in [0.2, 0.25) is 0 Å². The second-order valence-electron chi connectivity index (χ2n) is 4.28. The van der Waals surface area contributed by atoms with Gasteiger partial charge < -0.3 is 20.7 Å². The van der Waals surface area contributed by atoms with Crippen LogP contribution in [0, 0.1) is 0 Å². The molecule has 7 heteroatoms. The summed E-state index contributed by atoms with van der Waals surface area (Å²) < 4.78 is 0. The van der Waals surface area contributed by atoms with Crippen LogP contribution in [0.5, 0.6) is 0 Å². The molecule has 2 amide bonds. The van der Waals surface area contributed by atoms with Crippen LogP contribution in [0.25, 0.3) is 0 Å². The summed E-state index contributed by atoms with van der Waals surface area (Å²) in [5.41, 5.74) is 0.665. The van der Waals surface area contributed by atoms with Crippen molar-refractivity contribution >= 4 is 12.0 Å². The van der Waals surface area contributed by atoms with Gasteiger partial charge in [-0.3, -0.25) is 0 Å². The lowest BCUT2D eigenvalue weighted by atomic mass is 10.2. The van der Waals surface area contributed by atoms with Gasteiger partial charge >= 0.3 is 12.0 Å². The Balaban J connectivity index is 2.36. The molecule has 1 rings (SSSR count). The summed E-state index contributed by atoms with van der Waals surface area (Å²) in [7, 11) is 0. The maximum absolute atomic E-state index is 11.5. The second-order valence-corrected chi connectivity index (χ2v) is 4.28. The largest absolute Gasteiger partial charge is 0.480 e. The van der Waals surface area contributed by atoms with Crippen LogP contribution >= 0.6 is 0 Å². The molecule has 1 atom stereocenters. The third-order valence-corrected chi connectivity index (χ3v) is 2.65. The number of carboxylic acid groups (broad SMARTS) is 1. The molecule has 0 fully saturated rings. The number of carboxylic acids is 1. The van der Waals surface area contributed by atoms with Gasteiger partial charge in [-0.05, 0) is 6.42 Å². The SMILES string of the molecule is CCCCCNC(=O)NC(Cc1cnc[nH]1)C(=O)O. The number of imidazole rings is 1. The van der Waals surface area contributed by atoms with Gasteiger partial charge in [0.25, 0.3) is 0 Å². The standard InChI is InChI=1S/C12H20N4O3/c1-2-3-4-5-14-12(19)16-10(11(17)18)6-9-7-13-8-15-9/h7-8,10H,2-6H2,1H3,(H,13,15)(H,17,18)(H2,14,16,19). The number of hydrogen-bond donors (Lipinski definition) is 4. The molecule has 0 aliphatic heterocycles. The fourth-order valence-electron chi connectivity index (χ4n) is 1.60. The number of H-pyrrole nitrogens is 1. The summed E-state index contributed by atoms with van der Waals surface area (Å²) in [6, 6.07) is -1.42. The average Bonchev–Trinajstić information content (AvgIpc) is 2.86. The first-order chi connectivity index (χ1) is 9.13. The highest BCUT2D eigenvalue weighted by molar-refractivity contribution is 5.82. The third-order valence-electron chi connectivity index (χ3n) is 2.65. The van der Waals surface area contributed by atoms with Crippen LogP contribution in [0.1, 0.15) is 31.9 Å². The molecule has 4 N–H and O–H groups in total. The zero-order valence-electron chi connectivity index (χ0n) is 11.0. The lowest BCUT2D eigenvalue weighted by Crippen LogP contribution is -2.47. The molecule has 0 aliphatic carbocycles. The first-order valence-electron chi connectivity index (χ1n) is 6.38. The van der Waals surface area contributed by atoms with Gasteiger partial charge in [-0.25, -0.2) is 14.6 Å². The molecule has 0 saturated carbocycles. The van der Waals surface area contributed by atoms with Gasteiger partial charge in [-0.2, -0.15) is 0 Å². The van der Waals surface area contributed by atoms with E-state index in [9.17, 15) is 9.59 Å². The van der Waals surface area contributed by atoms with Gasteiger partial charge in [0, 0.05) is 24.9 Å². The highest BCUT2D eigenvalue weighted by Crippen LogP contribution is 1.99. The van der Waals surface area contributed by atoms with Crippen molar-refractivity contribution in [2.75, 3.05) is 6.54 Å². The number of amides is 2. The van der Waals surface area contributed by atoms with Crippen molar-refractivity contribution in [1.29, 1.82) is 0 Å². The molecule has 1 aromatic rings. The highest BCUT2D eigenvalue weighted by atomic mass is 16.4. The predicted octanol–water partition coefficient (Wildman–Crippen LogP) is 0.895. The number of rotatable bonds is 8. The number of aliphatic carboxylic acids is 1. The Kier molecular flexibility index (Phi) is 6.42. The molecule has 0 saturated heterocycles. The van der Waals surface area contributed by atoms with Crippen molar-refractivity contribution in [3.63, 3.8) is 0 Å². The zero-order valence-corrected chi connectivity index (χ0v) is 11.0. The molecule has 19 heavy (non-hydrogen) atoms. The number of nitrogens with zero attached hydrogens (tertiary/aromatic N) is 1. The molecule has 0 bridgehead atoms. The topological polar surface area (TPSA) is 107 Å². The Bertz CT molecular complexity index is 392. The number of nitrogens with one attached hydrogen (secondary N) is 3. The normalized spacial score (nSPS) is 11.8. The Labute approximate surface area is 111 Å². The summed E-state index contributed by atoms with van der Waals surface area (Å²) in [6.07, 6.45) is 6.19. The van der Waals surface area contributed by atoms with Crippen molar-refractivity contribution in [3.05, 3.63) is 18.2 Å². The quantitative estimate of drug-likeness (QED) is 0.525. The van der Waals surface area contributed by atoms with E-state index in [0.717, 1.165) is 19.3 Å². The smallest absolute Gasteiger partial charge is 0.326 e. The maximum Gasteiger partial charge on any atom is 0.326 e. The number of unbranched alkanes of at least 4 members (excludes halogenated alkanes) is 2. The number of carbonyl (C=O) groups excluding carboxylic acids is 1. The van der Waals surface area contributed by atoms with E-state index < -0.39 is 18.0 Å².